The molecule has 0 atom stereocenters. The number of carbonyl (C=O) groups excluding carboxylic acids is 2. The summed E-state index contributed by atoms with van der Waals surface area (Å²) in [6.07, 6.45) is 4.95. The van der Waals surface area contributed by atoms with Crippen LogP contribution in [0.25, 0.3) is 0 Å². The van der Waals surface area contributed by atoms with Crippen LogP contribution in [-0.4, -0.2) is 33.8 Å². The van der Waals surface area contributed by atoms with Gasteiger partial charge < -0.3 is 10.1 Å². The molecule has 1 N–H and O–H groups in total. The second kappa shape index (κ2) is 8.06. The summed E-state index contributed by atoms with van der Waals surface area (Å²) in [6, 6.07) is 12.7. The predicted molar refractivity (Wildman–Crippen MR) is 94.5 cm³/mol. The first-order chi connectivity index (χ1) is 12.7. The number of aromatic nitrogens is 3. The van der Waals surface area contributed by atoms with Gasteiger partial charge in [0.1, 0.15) is 5.69 Å². The Morgan fingerprint density at radius 1 is 1.12 bits per heavy atom. The molecule has 0 saturated carbocycles. The first-order valence-electron chi connectivity index (χ1n) is 8.04. The van der Waals surface area contributed by atoms with Crippen LogP contribution >= 0.6 is 0 Å². The Bertz CT molecular complexity index is 889. The second-order valence-corrected chi connectivity index (χ2v) is 5.58. The van der Waals surface area contributed by atoms with Gasteiger partial charge in [-0.1, -0.05) is 24.3 Å². The van der Waals surface area contributed by atoms with Crippen molar-refractivity contribution < 1.29 is 14.3 Å². The molecule has 0 aliphatic heterocycles. The number of nitrogens with one attached hydrogen (secondary N) is 1. The zero-order valence-corrected chi connectivity index (χ0v) is 14.3. The minimum Gasteiger partial charge on any atom is -0.465 e. The Morgan fingerprint density at radius 3 is 2.58 bits per heavy atom. The minimum atomic E-state index is -0.489. The Hall–Kier alpha value is -3.48. The van der Waals surface area contributed by atoms with Gasteiger partial charge in [0.2, 0.25) is 0 Å². The average molecular weight is 350 g/mol. The lowest BCUT2D eigenvalue weighted by Crippen LogP contribution is -2.24. The van der Waals surface area contributed by atoms with E-state index in [2.05, 4.69) is 20.1 Å². The lowest BCUT2D eigenvalue weighted by atomic mass is 10.1. The van der Waals surface area contributed by atoms with E-state index in [1.807, 2.05) is 41.2 Å². The van der Waals surface area contributed by atoms with Crippen LogP contribution in [0.15, 0.2) is 61.1 Å². The molecule has 26 heavy (non-hydrogen) atoms. The van der Waals surface area contributed by atoms with Crippen LogP contribution in [0.1, 0.15) is 32.0 Å². The van der Waals surface area contributed by atoms with Crippen LogP contribution in [0.2, 0.25) is 0 Å². The van der Waals surface area contributed by atoms with E-state index in [0.29, 0.717) is 18.7 Å². The van der Waals surface area contributed by atoms with Gasteiger partial charge in [-0.25, -0.2) is 4.79 Å². The Morgan fingerprint density at radius 2 is 1.92 bits per heavy atom. The van der Waals surface area contributed by atoms with E-state index < -0.39 is 5.97 Å². The number of hydrogen-bond acceptors (Lipinski definition) is 5. The highest BCUT2D eigenvalue weighted by molar-refractivity contribution is 5.94. The SMILES string of the molecule is COC(=O)c1ccc(C(=O)NCc2ccccc2Cn2cccn2)nc1. The van der Waals surface area contributed by atoms with E-state index in [9.17, 15) is 9.59 Å². The normalized spacial score (nSPS) is 10.3. The van der Waals surface area contributed by atoms with E-state index >= 15 is 0 Å². The maximum atomic E-state index is 12.3. The third-order valence-corrected chi connectivity index (χ3v) is 3.87. The van der Waals surface area contributed by atoms with Crippen molar-refractivity contribution in [3.05, 3.63) is 83.4 Å². The van der Waals surface area contributed by atoms with Gasteiger partial charge in [-0.15, -0.1) is 0 Å². The minimum absolute atomic E-state index is 0.238. The summed E-state index contributed by atoms with van der Waals surface area (Å²) in [6.45, 7) is 1.00. The number of methoxy groups -OCH3 is 1. The number of pyridine rings is 1. The molecule has 0 radical (unpaired) electrons. The quantitative estimate of drug-likeness (QED) is 0.688. The Kier molecular flexibility index (Phi) is 5.38. The molecule has 0 bridgehead atoms. The molecule has 7 heteroatoms. The summed E-state index contributed by atoms with van der Waals surface area (Å²) in [5.74, 6) is -0.799. The molecule has 7 nitrogen and oxygen atoms in total. The monoisotopic (exact) mass is 350 g/mol. The molecule has 3 rings (SSSR count). The molecule has 0 unspecified atom stereocenters. The molecule has 3 aromatic rings. The van der Waals surface area contributed by atoms with Crippen LogP contribution in [-0.2, 0) is 17.8 Å². The molecule has 1 aromatic carbocycles. The smallest absolute Gasteiger partial charge is 0.339 e. The predicted octanol–water partition coefficient (Wildman–Crippen LogP) is 2.04. The number of rotatable bonds is 6. The van der Waals surface area contributed by atoms with Crippen molar-refractivity contribution in [1.82, 2.24) is 20.1 Å². The van der Waals surface area contributed by atoms with E-state index in [4.69, 9.17) is 0 Å². The van der Waals surface area contributed by atoms with Crippen molar-refractivity contribution in [3.63, 3.8) is 0 Å². The highest BCUT2D eigenvalue weighted by Gasteiger charge is 2.11. The highest BCUT2D eigenvalue weighted by Crippen LogP contribution is 2.11. The number of carbonyl (C=O) groups is 2. The maximum Gasteiger partial charge on any atom is 0.339 e. The van der Waals surface area contributed by atoms with Crippen molar-refractivity contribution in [2.75, 3.05) is 7.11 Å². The highest BCUT2D eigenvalue weighted by atomic mass is 16.5. The summed E-state index contributed by atoms with van der Waals surface area (Å²) in [4.78, 5) is 27.7. The fourth-order valence-electron chi connectivity index (χ4n) is 2.49. The summed E-state index contributed by atoms with van der Waals surface area (Å²) in [5.41, 5.74) is 2.61. The summed E-state index contributed by atoms with van der Waals surface area (Å²) >= 11 is 0. The molecule has 0 spiro atoms. The molecule has 1 amide bonds. The summed E-state index contributed by atoms with van der Waals surface area (Å²) < 4.78 is 6.44. The molecule has 0 aliphatic rings. The van der Waals surface area contributed by atoms with Gasteiger partial charge in [0.25, 0.3) is 5.91 Å². The molecule has 2 heterocycles. The first kappa shape index (κ1) is 17.3. The number of hydrogen-bond donors (Lipinski definition) is 1. The lowest BCUT2D eigenvalue weighted by molar-refractivity contribution is 0.0599. The molecule has 132 valence electrons. The van der Waals surface area contributed by atoms with Crippen LogP contribution < -0.4 is 5.32 Å². The zero-order chi connectivity index (χ0) is 18.4. The van der Waals surface area contributed by atoms with Crippen LogP contribution in [0, 0.1) is 0 Å². The van der Waals surface area contributed by atoms with Crippen LogP contribution in [0.4, 0.5) is 0 Å². The molecule has 0 aliphatic carbocycles. The van der Waals surface area contributed by atoms with Crippen molar-refractivity contribution in [1.29, 1.82) is 0 Å². The number of nitrogens with zero attached hydrogens (tertiary/aromatic N) is 3. The molecule has 0 saturated heterocycles. The molecular weight excluding hydrogens is 332 g/mol. The lowest BCUT2D eigenvalue weighted by Gasteiger charge is -2.11. The third-order valence-electron chi connectivity index (χ3n) is 3.87. The van der Waals surface area contributed by atoms with Gasteiger partial charge in [-0.2, -0.15) is 5.10 Å². The second-order valence-electron chi connectivity index (χ2n) is 5.58. The maximum absolute atomic E-state index is 12.3. The van der Waals surface area contributed by atoms with Gasteiger partial charge in [-0.3, -0.25) is 14.5 Å². The average Bonchev–Trinajstić information content (AvgIpc) is 3.19. The number of amides is 1. The Labute approximate surface area is 150 Å². The number of benzene rings is 1. The van der Waals surface area contributed by atoms with E-state index in [1.54, 1.807) is 6.20 Å². The van der Waals surface area contributed by atoms with Crippen molar-refractivity contribution in [2.24, 2.45) is 0 Å². The van der Waals surface area contributed by atoms with Crippen LogP contribution in [0.5, 0.6) is 0 Å². The van der Waals surface area contributed by atoms with Crippen molar-refractivity contribution in [3.8, 4) is 0 Å². The van der Waals surface area contributed by atoms with Gasteiger partial charge in [0.05, 0.1) is 19.2 Å². The van der Waals surface area contributed by atoms with Gasteiger partial charge in [-0.05, 0) is 29.3 Å². The van der Waals surface area contributed by atoms with E-state index in [1.165, 1.54) is 25.4 Å². The van der Waals surface area contributed by atoms with Gasteiger partial charge >= 0.3 is 5.97 Å². The first-order valence-corrected chi connectivity index (χ1v) is 8.04. The van der Waals surface area contributed by atoms with Gasteiger partial charge in [0, 0.05) is 25.1 Å². The van der Waals surface area contributed by atoms with Gasteiger partial charge in [0.15, 0.2) is 0 Å². The fourth-order valence-corrected chi connectivity index (χ4v) is 2.49. The van der Waals surface area contributed by atoms with E-state index in [0.717, 1.165) is 11.1 Å². The van der Waals surface area contributed by atoms with Crippen LogP contribution in [0.3, 0.4) is 0 Å². The Balaban J connectivity index is 1.65. The topological polar surface area (TPSA) is 86.1 Å². The molecular formula is C19H18N4O3. The summed E-state index contributed by atoms with van der Waals surface area (Å²) in [5, 5.41) is 7.06. The number of ether oxygens (including phenoxy) is 1. The molecule has 0 fully saturated rings. The largest absolute Gasteiger partial charge is 0.465 e. The van der Waals surface area contributed by atoms with Crippen molar-refractivity contribution >= 4 is 11.9 Å². The number of esters is 1. The zero-order valence-electron chi connectivity index (χ0n) is 14.3. The van der Waals surface area contributed by atoms with E-state index in [-0.39, 0.29) is 11.6 Å². The summed E-state index contributed by atoms with van der Waals surface area (Å²) in [7, 11) is 1.30. The standard InChI is InChI=1S/C19H18N4O3/c1-26-19(25)15-7-8-17(20-12-15)18(24)21-11-14-5-2-3-6-16(14)13-23-10-4-9-22-23/h2-10,12H,11,13H2,1H3,(H,21,24). The fraction of sp³-hybridized carbons (Fsp3) is 0.158. The molecule has 2 aromatic heterocycles. The van der Waals surface area contributed by atoms with Crippen molar-refractivity contribution in [2.45, 2.75) is 13.1 Å². The third kappa shape index (κ3) is 4.13.